The van der Waals surface area contributed by atoms with Gasteiger partial charge < -0.3 is 11.5 Å². The van der Waals surface area contributed by atoms with Gasteiger partial charge in [-0.15, -0.1) is 0 Å². The predicted molar refractivity (Wildman–Crippen MR) is 78.5 cm³/mol. The van der Waals surface area contributed by atoms with E-state index >= 15 is 0 Å². The molecule has 4 nitrogen and oxygen atoms in total. The Balaban J connectivity index is 2.31. The lowest BCUT2D eigenvalue weighted by Gasteiger charge is -1.99. The maximum atomic E-state index is 10.7. The van der Waals surface area contributed by atoms with Crippen molar-refractivity contribution in [3.8, 4) is 11.8 Å². The number of hydrogen-bond donors (Lipinski definition) is 2. The molecule has 0 aliphatic rings. The van der Waals surface area contributed by atoms with Gasteiger partial charge in [0.2, 0.25) is 0 Å². The van der Waals surface area contributed by atoms with Crippen molar-refractivity contribution >= 4 is 23.9 Å². The van der Waals surface area contributed by atoms with Crippen molar-refractivity contribution in [3.05, 3.63) is 58.7 Å². The molecular weight excluding hydrogens is 252 g/mol. The Morgan fingerprint density at radius 3 is 1.45 bits per heavy atom. The number of anilines is 2. The Morgan fingerprint density at radius 1 is 0.750 bits per heavy atom. The summed E-state index contributed by atoms with van der Waals surface area (Å²) in [5.41, 5.74) is 14.5. The molecule has 0 spiro atoms. The normalized spacial score (nSPS) is 9.40. The minimum atomic E-state index is 0.391. The van der Waals surface area contributed by atoms with Crippen LogP contribution in [0.3, 0.4) is 0 Å². The molecule has 0 saturated carbocycles. The Hall–Kier alpha value is -3.06. The fourth-order valence-corrected chi connectivity index (χ4v) is 1.66. The first-order chi connectivity index (χ1) is 9.63. The third-order valence-electron chi connectivity index (χ3n) is 2.78. The van der Waals surface area contributed by atoms with Gasteiger partial charge in [0.25, 0.3) is 0 Å². The highest BCUT2D eigenvalue weighted by Gasteiger charge is 1.99. The predicted octanol–water partition coefficient (Wildman–Crippen LogP) is 1.88. The quantitative estimate of drug-likeness (QED) is 0.492. The van der Waals surface area contributed by atoms with Crippen LogP contribution in [0, 0.1) is 11.8 Å². The number of nitrogens with two attached hydrogens (primary N) is 2. The zero-order valence-electron chi connectivity index (χ0n) is 10.6. The smallest absolute Gasteiger partial charge is 0.152 e. The van der Waals surface area contributed by atoms with Crippen LogP contribution < -0.4 is 11.5 Å². The molecule has 0 fully saturated rings. The molecule has 0 heterocycles. The lowest BCUT2D eigenvalue weighted by Crippen LogP contribution is -1.94. The van der Waals surface area contributed by atoms with Gasteiger partial charge in [-0.25, -0.2) is 0 Å². The highest BCUT2D eigenvalue weighted by molar-refractivity contribution is 5.84. The van der Waals surface area contributed by atoms with Crippen LogP contribution in [0.1, 0.15) is 31.8 Å². The average molecular weight is 264 g/mol. The molecule has 2 aromatic carbocycles. The molecule has 4 heteroatoms. The molecule has 98 valence electrons. The van der Waals surface area contributed by atoms with Gasteiger partial charge in [0.05, 0.1) is 0 Å². The molecule has 0 radical (unpaired) electrons. The summed E-state index contributed by atoms with van der Waals surface area (Å²) in [6.45, 7) is 0. The second-order valence-electron chi connectivity index (χ2n) is 4.17. The zero-order valence-corrected chi connectivity index (χ0v) is 10.6. The van der Waals surface area contributed by atoms with E-state index in [0.29, 0.717) is 46.2 Å². The molecule has 0 atom stereocenters. The fourth-order valence-electron chi connectivity index (χ4n) is 1.66. The second kappa shape index (κ2) is 5.72. The second-order valence-corrected chi connectivity index (χ2v) is 4.17. The third kappa shape index (κ3) is 2.85. The zero-order chi connectivity index (χ0) is 14.5. The summed E-state index contributed by atoms with van der Waals surface area (Å²) >= 11 is 0. The van der Waals surface area contributed by atoms with E-state index in [4.69, 9.17) is 11.5 Å². The van der Waals surface area contributed by atoms with E-state index < -0.39 is 0 Å². The number of hydrogen-bond acceptors (Lipinski definition) is 4. The SMILES string of the molecule is Nc1cc(C#Cc2ccc(C=O)c(N)c2)ccc1C=O. The van der Waals surface area contributed by atoms with Crippen molar-refractivity contribution in [3.63, 3.8) is 0 Å². The molecule has 0 aliphatic carbocycles. The van der Waals surface area contributed by atoms with Crippen molar-refractivity contribution < 1.29 is 9.59 Å². The largest absolute Gasteiger partial charge is 0.398 e. The van der Waals surface area contributed by atoms with E-state index in [1.165, 1.54) is 0 Å². The van der Waals surface area contributed by atoms with Crippen LogP contribution in [0.4, 0.5) is 11.4 Å². The minimum absolute atomic E-state index is 0.391. The summed E-state index contributed by atoms with van der Waals surface area (Å²) in [5.74, 6) is 5.86. The van der Waals surface area contributed by atoms with Crippen LogP contribution in [0.2, 0.25) is 0 Å². The summed E-state index contributed by atoms with van der Waals surface area (Å²) in [7, 11) is 0. The molecule has 0 saturated heterocycles. The van der Waals surface area contributed by atoms with Crippen LogP contribution >= 0.6 is 0 Å². The molecule has 4 N–H and O–H groups in total. The third-order valence-corrected chi connectivity index (χ3v) is 2.78. The number of carbonyl (C=O) groups is 2. The Labute approximate surface area is 116 Å². The molecule has 0 aromatic heterocycles. The van der Waals surface area contributed by atoms with Crippen molar-refractivity contribution in [2.24, 2.45) is 0 Å². The van der Waals surface area contributed by atoms with Crippen molar-refractivity contribution in [2.45, 2.75) is 0 Å². The van der Waals surface area contributed by atoms with Crippen LogP contribution in [0.25, 0.3) is 0 Å². The van der Waals surface area contributed by atoms with Gasteiger partial charge in [0.15, 0.2) is 12.6 Å². The Bertz CT molecular complexity index is 678. The van der Waals surface area contributed by atoms with E-state index in [2.05, 4.69) is 11.8 Å². The van der Waals surface area contributed by atoms with E-state index in [1.54, 1.807) is 36.4 Å². The van der Waals surface area contributed by atoms with Crippen LogP contribution in [0.5, 0.6) is 0 Å². The molecule has 0 bridgehead atoms. The van der Waals surface area contributed by atoms with E-state index in [9.17, 15) is 9.59 Å². The maximum Gasteiger partial charge on any atom is 0.152 e. The summed E-state index contributed by atoms with van der Waals surface area (Å²) in [6, 6.07) is 9.96. The first-order valence-corrected chi connectivity index (χ1v) is 5.85. The number of benzene rings is 2. The first-order valence-electron chi connectivity index (χ1n) is 5.85. The Morgan fingerprint density at radius 2 is 1.15 bits per heavy atom. The van der Waals surface area contributed by atoms with Crippen LogP contribution in [-0.4, -0.2) is 12.6 Å². The van der Waals surface area contributed by atoms with E-state index in [0.717, 1.165) is 0 Å². The van der Waals surface area contributed by atoms with Gasteiger partial charge in [0.1, 0.15) is 0 Å². The van der Waals surface area contributed by atoms with Crippen LogP contribution in [-0.2, 0) is 0 Å². The van der Waals surface area contributed by atoms with E-state index in [-0.39, 0.29) is 0 Å². The average Bonchev–Trinajstić information content (AvgIpc) is 2.45. The summed E-state index contributed by atoms with van der Waals surface area (Å²) in [4.78, 5) is 21.3. The number of nitrogen functional groups attached to an aromatic ring is 2. The number of rotatable bonds is 2. The first kappa shape index (κ1) is 13.4. The monoisotopic (exact) mass is 264 g/mol. The lowest BCUT2D eigenvalue weighted by molar-refractivity contribution is 0.111. The summed E-state index contributed by atoms with van der Waals surface area (Å²) in [5, 5.41) is 0. The van der Waals surface area contributed by atoms with E-state index in [1.807, 2.05) is 0 Å². The van der Waals surface area contributed by atoms with Gasteiger partial charge in [-0.05, 0) is 36.4 Å². The van der Waals surface area contributed by atoms with Gasteiger partial charge >= 0.3 is 0 Å². The maximum absolute atomic E-state index is 10.7. The molecule has 2 rings (SSSR count). The number of carbonyl (C=O) groups excluding carboxylic acids is 2. The van der Waals surface area contributed by atoms with Crippen molar-refractivity contribution in [1.29, 1.82) is 0 Å². The molecule has 20 heavy (non-hydrogen) atoms. The molecule has 0 aliphatic heterocycles. The highest BCUT2D eigenvalue weighted by atomic mass is 16.1. The van der Waals surface area contributed by atoms with Gasteiger partial charge in [-0.2, -0.15) is 0 Å². The molecule has 0 unspecified atom stereocenters. The highest BCUT2D eigenvalue weighted by Crippen LogP contribution is 2.13. The lowest BCUT2D eigenvalue weighted by atomic mass is 10.1. The number of aldehydes is 2. The Kier molecular flexibility index (Phi) is 3.82. The van der Waals surface area contributed by atoms with Gasteiger partial charge in [-0.3, -0.25) is 9.59 Å². The minimum Gasteiger partial charge on any atom is -0.398 e. The standard InChI is InChI=1S/C16H12N2O2/c17-15-7-11(3-5-13(15)9-19)1-2-12-4-6-14(10-20)16(18)8-12/h3-10H,17-18H2. The van der Waals surface area contributed by atoms with Gasteiger partial charge in [0, 0.05) is 33.6 Å². The van der Waals surface area contributed by atoms with Crippen LogP contribution in [0.15, 0.2) is 36.4 Å². The fraction of sp³-hybridized carbons (Fsp3) is 0. The van der Waals surface area contributed by atoms with Crippen molar-refractivity contribution in [2.75, 3.05) is 11.5 Å². The van der Waals surface area contributed by atoms with Crippen molar-refractivity contribution in [1.82, 2.24) is 0 Å². The summed E-state index contributed by atoms with van der Waals surface area (Å²) in [6.07, 6.45) is 1.40. The summed E-state index contributed by atoms with van der Waals surface area (Å²) < 4.78 is 0. The molecule has 0 amide bonds. The van der Waals surface area contributed by atoms with Gasteiger partial charge in [-0.1, -0.05) is 11.8 Å². The molecular formula is C16H12N2O2. The molecule has 2 aromatic rings. The topological polar surface area (TPSA) is 86.2 Å².